The number of rotatable bonds is 3. The number of nitrogen functional groups attached to an aromatic ring is 2. The smallest absolute Gasteiger partial charge is 0.130 e. The minimum atomic E-state index is 0. The summed E-state index contributed by atoms with van der Waals surface area (Å²) in [6, 6.07) is 14.8. The number of hydrogen-bond acceptors (Lipinski definition) is 3. The summed E-state index contributed by atoms with van der Waals surface area (Å²) in [6.07, 6.45) is 3.53. The van der Waals surface area contributed by atoms with Gasteiger partial charge < -0.3 is 17.2 Å². The second-order valence-electron chi connectivity index (χ2n) is 4.12. The third kappa shape index (κ3) is 6.72. The second-order valence-corrected chi connectivity index (χ2v) is 4.12. The van der Waals surface area contributed by atoms with Crippen molar-refractivity contribution < 1.29 is 0 Å². The van der Waals surface area contributed by atoms with Crippen LogP contribution in [-0.2, 0) is 0 Å². The second kappa shape index (κ2) is 10.8. The zero-order valence-electron chi connectivity index (χ0n) is 11.7. The third-order valence-electron chi connectivity index (χ3n) is 2.62. The van der Waals surface area contributed by atoms with Crippen molar-refractivity contribution >= 4 is 60.5 Å². The first-order chi connectivity index (χ1) is 9.15. The maximum Gasteiger partial charge on any atom is 0.130 e. The van der Waals surface area contributed by atoms with Gasteiger partial charge in [-0.2, -0.15) is 0 Å². The van der Waals surface area contributed by atoms with E-state index in [0.717, 1.165) is 16.8 Å². The fourth-order valence-corrected chi connectivity index (χ4v) is 1.54. The lowest BCUT2D eigenvalue weighted by atomic mass is 10.2. The van der Waals surface area contributed by atoms with Gasteiger partial charge in [-0.3, -0.25) is 0 Å². The van der Waals surface area contributed by atoms with Gasteiger partial charge in [-0.15, -0.1) is 37.2 Å². The molecule has 2 rings (SSSR count). The molecule has 22 heavy (non-hydrogen) atoms. The van der Waals surface area contributed by atoms with Crippen LogP contribution in [0.4, 0.5) is 11.4 Å². The molecule has 0 aliphatic rings. The summed E-state index contributed by atoms with van der Waals surface area (Å²) in [4.78, 5) is 4.18. The summed E-state index contributed by atoms with van der Waals surface area (Å²) >= 11 is 0. The van der Waals surface area contributed by atoms with E-state index in [1.807, 2.05) is 42.5 Å². The van der Waals surface area contributed by atoms with Crippen LogP contribution in [0.5, 0.6) is 0 Å². The standard InChI is InChI=1S/C15H16N4.3ClH/c16-13-5-1-11(2-6-13)9-10-19-15(18)12-3-7-14(17)8-4-12;;;/h1-10H,16-17H2,(H2,18,19);3*1H/b10-9+;;;. The Labute approximate surface area is 148 Å². The van der Waals surface area contributed by atoms with Crippen LogP contribution >= 0.6 is 37.2 Å². The average Bonchev–Trinajstić information content (AvgIpc) is 2.41. The van der Waals surface area contributed by atoms with E-state index < -0.39 is 0 Å². The number of benzene rings is 2. The van der Waals surface area contributed by atoms with Gasteiger partial charge in [0.1, 0.15) is 5.84 Å². The van der Waals surface area contributed by atoms with Gasteiger partial charge in [0.25, 0.3) is 0 Å². The average molecular weight is 362 g/mol. The van der Waals surface area contributed by atoms with Crippen molar-refractivity contribution in [1.82, 2.24) is 0 Å². The molecule has 0 fully saturated rings. The molecule has 0 heterocycles. The molecule has 0 atom stereocenters. The van der Waals surface area contributed by atoms with Gasteiger partial charge in [-0.05, 0) is 48.0 Å². The minimum absolute atomic E-state index is 0. The molecule has 0 unspecified atom stereocenters. The van der Waals surface area contributed by atoms with Crippen LogP contribution in [0.2, 0.25) is 0 Å². The van der Waals surface area contributed by atoms with Crippen molar-refractivity contribution in [2.24, 2.45) is 10.7 Å². The van der Waals surface area contributed by atoms with Gasteiger partial charge >= 0.3 is 0 Å². The summed E-state index contributed by atoms with van der Waals surface area (Å²) in [5.74, 6) is 0.451. The molecular weight excluding hydrogens is 343 g/mol. The first-order valence-electron chi connectivity index (χ1n) is 5.86. The summed E-state index contributed by atoms with van der Waals surface area (Å²) < 4.78 is 0. The highest BCUT2D eigenvalue weighted by Crippen LogP contribution is 2.08. The molecule has 0 aliphatic heterocycles. The molecule has 0 amide bonds. The highest BCUT2D eigenvalue weighted by molar-refractivity contribution is 5.98. The first-order valence-corrected chi connectivity index (χ1v) is 5.86. The van der Waals surface area contributed by atoms with E-state index in [1.165, 1.54) is 0 Å². The summed E-state index contributed by atoms with van der Waals surface area (Å²) in [6.45, 7) is 0. The van der Waals surface area contributed by atoms with Crippen LogP contribution in [0.15, 0.2) is 59.7 Å². The fraction of sp³-hybridized carbons (Fsp3) is 0. The lowest BCUT2D eigenvalue weighted by Gasteiger charge is -1.99. The van der Waals surface area contributed by atoms with Crippen LogP contribution in [-0.4, -0.2) is 5.84 Å². The maximum absolute atomic E-state index is 5.87. The van der Waals surface area contributed by atoms with E-state index in [-0.39, 0.29) is 37.2 Å². The Morgan fingerprint density at radius 3 is 1.73 bits per heavy atom. The maximum atomic E-state index is 5.87. The van der Waals surface area contributed by atoms with E-state index in [4.69, 9.17) is 17.2 Å². The SMILES string of the molecule is Cl.Cl.Cl.NC(=N/C=C/c1ccc(N)cc1)c1ccc(N)cc1. The van der Waals surface area contributed by atoms with Crippen molar-refractivity contribution in [3.05, 3.63) is 65.9 Å². The van der Waals surface area contributed by atoms with Gasteiger partial charge in [-0.25, -0.2) is 4.99 Å². The van der Waals surface area contributed by atoms with Crippen LogP contribution in [0.3, 0.4) is 0 Å². The van der Waals surface area contributed by atoms with Crippen LogP contribution in [0.25, 0.3) is 6.08 Å². The Kier molecular flexibility index (Phi) is 11.0. The molecule has 7 heteroatoms. The Morgan fingerprint density at radius 2 is 1.23 bits per heavy atom. The Hall–Kier alpha value is -1.88. The number of amidine groups is 1. The zero-order valence-corrected chi connectivity index (χ0v) is 14.1. The number of aliphatic imine (C=N–C) groups is 1. The van der Waals surface area contributed by atoms with Crippen molar-refractivity contribution in [3.63, 3.8) is 0 Å². The molecule has 0 radical (unpaired) electrons. The largest absolute Gasteiger partial charge is 0.399 e. The zero-order chi connectivity index (χ0) is 13.7. The van der Waals surface area contributed by atoms with Crippen LogP contribution in [0.1, 0.15) is 11.1 Å². The fourth-order valence-electron chi connectivity index (χ4n) is 1.54. The van der Waals surface area contributed by atoms with Gasteiger partial charge in [0.2, 0.25) is 0 Å². The minimum Gasteiger partial charge on any atom is -0.399 e. The van der Waals surface area contributed by atoms with Gasteiger partial charge in [0.05, 0.1) is 0 Å². The number of halogens is 3. The number of anilines is 2. The van der Waals surface area contributed by atoms with Crippen molar-refractivity contribution in [3.8, 4) is 0 Å². The predicted molar refractivity (Wildman–Crippen MR) is 103 cm³/mol. The Balaban J connectivity index is 0. The number of nitrogens with two attached hydrogens (primary N) is 3. The highest BCUT2D eigenvalue weighted by Gasteiger charge is 1.95. The molecule has 4 nitrogen and oxygen atoms in total. The predicted octanol–water partition coefficient (Wildman–Crippen LogP) is 3.49. The molecule has 0 aromatic heterocycles. The van der Waals surface area contributed by atoms with E-state index in [1.54, 1.807) is 18.3 Å². The molecule has 2 aromatic rings. The molecule has 0 saturated carbocycles. The normalized spacial score (nSPS) is 10.3. The molecule has 0 saturated heterocycles. The molecule has 0 aliphatic carbocycles. The number of nitrogens with zero attached hydrogens (tertiary/aromatic N) is 1. The Morgan fingerprint density at radius 1 is 0.773 bits per heavy atom. The topological polar surface area (TPSA) is 90.4 Å². The van der Waals surface area contributed by atoms with Crippen molar-refractivity contribution in [1.29, 1.82) is 0 Å². The Bertz CT molecular complexity index is 608. The van der Waals surface area contributed by atoms with Gasteiger partial charge in [-0.1, -0.05) is 12.1 Å². The quantitative estimate of drug-likeness (QED) is 0.444. The lowest BCUT2D eigenvalue weighted by molar-refractivity contribution is 1.47. The van der Waals surface area contributed by atoms with Gasteiger partial charge in [0, 0.05) is 23.1 Å². The molecular formula is C15H19Cl3N4. The molecule has 2 aromatic carbocycles. The van der Waals surface area contributed by atoms with Gasteiger partial charge in [0.15, 0.2) is 0 Å². The summed E-state index contributed by atoms with van der Waals surface area (Å²) in [7, 11) is 0. The summed E-state index contributed by atoms with van der Waals surface area (Å²) in [5, 5.41) is 0. The van der Waals surface area contributed by atoms with E-state index in [2.05, 4.69) is 4.99 Å². The van der Waals surface area contributed by atoms with E-state index in [0.29, 0.717) is 11.5 Å². The molecule has 120 valence electrons. The van der Waals surface area contributed by atoms with Crippen LogP contribution in [0, 0.1) is 0 Å². The van der Waals surface area contributed by atoms with E-state index in [9.17, 15) is 0 Å². The first kappa shape index (κ1) is 22.4. The molecule has 0 bridgehead atoms. The lowest BCUT2D eigenvalue weighted by Crippen LogP contribution is -2.12. The monoisotopic (exact) mass is 360 g/mol. The third-order valence-corrected chi connectivity index (χ3v) is 2.62. The van der Waals surface area contributed by atoms with Crippen LogP contribution < -0.4 is 17.2 Å². The number of hydrogen-bond donors (Lipinski definition) is 3. The van der Waals surface area contributed by atoms with Crippen molar-refractivity contribution in [2.75, 3.05) is 11.5 Å². The highest BCUT2D eigenvalue weighted by atomic mass is 35.5. The summed E-state index contributed by atoms with van der Waals surface area (Å²) in [5.41, 5.74) is 20.4. The van der Waals surface area contributed by atoms with E-state index >= 15 is 0 Å². The molecule has 6 N–H and O–H groups in total. The molecule has 0 spiro atoms. The van der Waals surface area contributed by atoms with Crippen molar-refractivity contribution in [2.45, 2.75) is 0 Å².